The Hall–Kier alpha value is -0.880. The molecular weight excluding hydrogens is 340 g/mol. The summed E-state index contributed by atoms with van der Waals surface area (Å²) in [6, 6.07) is 0. The van der Waals surface area contributed by atoms with Gasteiger partial charge in [-0.3, -0.25) is 0 Å². The number of rotatable bonds is 6. The standard InChI is InChI=1S/C8H6F12O/c9-3(10)5(13,7(15,16)17)1-21-2-6(14,4(11)12)8(18,19)20/h3-4H,1-2H2. The van der Waals surface area contributed by atoms with Crippen LogP contribution in [0.25, 0.3) is 0 Å². The lowest BCUT2D eigenvalue weighted by Gasteiger charge is -2.30. The number of halogens is 12. The Morgan fingerprint density at radius 3 is 0.952 bits per heavy atom. The van der Waals surface area contributed by atoms with Gasteiger partial charge >= 0.3 is 12.4 Å². The van der Waals surface area contributed by atoms with Crippen LogP contribution in [-0.2, 0) is 4.74 Å². The van der Waals surface area contributed by atoms with Crippen molar-refractivity contribution in [2.75, 3.05) is 13.2 Å². The van der Waals surface area contributed by atoms with Gasteiger partial charge in [-0.25, -0.2) is 26.3 Å². The summed E-state index contributed by atoms with van der Waals surface area (Å²) in [7, 11) is 0. The number of ether oxygens (including phenoxy) is 1. The van der Waals surface area contributed by atoms with Gasteiger partial charge in [-0.2, -0.15) is 26.3 Å². The van der Waals surface area contributed by atoms with Crippen molar-refractivity contribution in [2.45, 2.75) is 36.5 Å². The molecule has 128 valence electrons. The zero-order valence-corrected chi connectivity index (χ0v) is 9.51. The first-order valence-corrected chi connectivity index (χ1v) is 4.75. The third-order valence-corrected chi connectivity index (χ3v) is 2.26. The van der Waals surface area contributed by atoms with Gasteiger partial charge in [0, 0.05) is 0 Å². The third kappa shape index (κ3) is 4.07. The minimum Gasteiger partial charge on any atom is -0.374 e. The van der Waals surface area contributed by atoms with Gasteiger partial charge in [-0.15, -0.1) is 0 Å². The zero-order chi connectivity index (χ0) is 17.3. The van der Waals surface area contributed by atoms with E-state index < -0.39 is 49.8 Å². The van der Waals surface area contributed by atoms with Crippen LogP contribution in [0.2, 0.25) is 0 Å². The lowest BCUT2D eigenvalue weighted by Crippen LogP contribution is -2.54. The van der Waals surface area contributed by atoms with E-state index in [4.69, 9.17) is 0 Å². The highest BCUT2D eigenvalue weighted by molar-refractivity contribution is 4.93. The molecule has 0 saturated carbocycles. The number of hydrogen-bond donors (Lipinski definition) is 0. The highest BCUT2D eigenvalue weighted by Gasteiger charge is 2.66. The van der Waals surface area contributed by atoms with E-state index in [0.29, 0.717) is 0 Å². The van der Waals surface area contributed by atoms with Gasteiger partial charge in [0.05, 0.1) is 13.2 Å². The SMILES string of the molecule is FC(F)C(F)(COCC(F)(C(F)F)C(F)(F)F)C(F)(F)F. The molecule has 1 nitrogen and oxygen atoms in total. The fourth-order valence-corrected chi connectivity index (χ4v) is 0.885. The summed E-state index contributed by atoms with van der Waals surface area (Å²) in [5.74, 6) is 0. The maximum Gasteiger partial charge on any atom is 0.430 e. The molecule has 21 heavy (non-hydrogen) atoms. The molecule has 0 bridgehead atoms. The maximum atomic E-state index is 12.9. The first kappa shape index (κ1) is 20.1. The quantitative estimate of drug-likeness (QED) is 0.659. The summed E-state index contributed by atoms with van der Waals surface area (Å²) >= 11 is 0. The van der Waals surface area contributed by atoms with Crippen LogP contribution in [0, 0.1) is 0 Å². The van der Waals surface area contributed by atoms with E-state index in [1.165, 1.54) is 0 Å². The van der Waals surface area contributed by atoms with E-state index in [1.807, 2.05) is 0 Å². The Kier molecular flexibility index (Phi) is 5.83. The second-order valence-electron chi connectivity index (χ2n) is 3.81. The van der Waals surface area contributed by atoms with Gasteiger partial charge in [-0.1, -0.05) is 0 Å². The molecule has 0 aromatic rings. The molecule has 0 aliphatic carbocycles. The average Bonchev–Trinajstić information content (AvgIpc) is 2.24. The lowest BCUT2D eigenvalue weighted by molar-refractivity contribution is -0.303. The van der Waals surface area contributed by atoms with Crippen molar-refractivity contribution >= 4 is 0 Å². The fraction of sp³-hybridized carbons (Fsp3) is 1.00. The Labute approximate surface area is 108 Å². The van der Waals surface area contributed by atoms with Crippen molar-refractivity contribution in [2.24, 2.45) is 0 Å². The molecule has 0 aromatic carbocycles. The van der Waals surface area contributed by atoms with Gasteiger partial charge in [-0.05, 0) is 0 Å². The summed E-state index contributed by atoms with van der Waals surface area (Å²) in [6.45, 7) is -5.55. The molecule has 0 fully saturated rings. The predicted octanol–water partition coefficient (Wildman–Crippen LogP) is 4.07. The topological polar surface area (TPSA) is 9.23 Å². The van der Waals surface area contributed by atoms with E-state index in [0.717, 1.165) is 0 Å². The number of hydrogen-bond acceptors (Lipinski definition) is 1. The third-order valence-electron chi connectivity index (χ3n) is 2.26. The van der Waals surface area contributed by atoms with E-state index >= 15 is 0 Å². The summed E-state index contributed by atoms with van der Waals surface area (Å²) in [4.78, 5) is 0. The highest BCUT2D eigenvalue weighted by atomic mass is 19.4. The molecule has 0 amide bonds. The molecule has 0 N–H and O–H groups in total. The zero-order valence-electron chi connectivity index (χ0n) is 9.51. The van der Waals surface area contributed by atoms with Gasteiger partial charge in [0.15, 0.2) is 0 Å². The fourth-order valence-electron chi connectivity index (χ4n) is 0.885. The Morgan fingerprint density at radius 2 is 0.810 bits per heavy atom. The second kappa shape index (κ2) is 6.08. The van der Waals surface area contributed by atoms with Crippen molar-refractivity contribution in [1.82, 2.24) is 0 Å². The molecule has 0 aromatic heterocycles. The first-order valence-electron chi connectivity index (χ1n) is 4.75. The van der Waals surface area contributed by atoms with Gasteiger partial charge < -0.3 is 4.74 Å². The van der Waals surface area contributed by atoms with Crippen LogP contribution in [0.1, 0.15) is 0 Å². The van der Waals surface area contributed by atoms with Gasteiger partial charge in [0.25, 0.3) is 24.2 Å². The van der Waals surface area contributed by atoms with Crippen molar-refractivity contribution in [1.29, 1.82) is 0 Å². The average molecular weight is 346 g/mol. The van der Waals surface area contributed by atoms with Crippen LogP contribution in [0.15, 0.2) is 0 Å². The molecule has 0 rings (SSSR count). The first-order chi connectivity index (χ1) is 9.09. The van der Waals surface area contributed by atoms with Gasteiger partial charge in [0.1, 0.15) is 0 Å². The minimum absolute atomic E-state index is 2.78. The van der Waals surface area contributed by atoms with Crippen LogP contribution >= 0.6 is 0 Å². The van der Waals surface area contributed by atoms with E-state index in [9.17, 15) is 52.7 Å². The lowest BCUT2D eigenvalue weighted by atomic mass is 10.1. The van der Waals surface area contributed by atoms with Crippen LogP contribution < -0.4 is 0 Å². The molecule has 0 aliphatic heterocycles. The molecule has 2 unspecified atom stereocenters. The summed E-state index contributed by atoms with van der Waals surface area (Å²) < 4.78 is 149. The number of alkyl halides is 12. The van der Waals surface area contributed by atoms with Crippen LogP contribution in [0.5, 0.6) is 0 Å². The van der Waals surface area contributed by atoms with Crippen LogP contribution in [0.4, 0.5) is 52.7 Å². The highest BCUT2D eigenvalue weighted by Crippen LogP contribution is 2.42. The molecule has 13 heteroatoms. The second-order valence-corrected chi connectivity index (χ2v) is 3.81. The van der Waals surface area contributed by atoms with Crippen LogP contribution in [-0.4, -0.2) is 49.8 Å². The monoisotopic (exact) mass is 346 g/mol. The molecule has 0 saturated heterocycles. The van der Waals surface area contributed by atoms with Crippen molar-refractivity contribution < 1.29 is 57.4 Å². The molecule has 0 radical (unpaired) electrons. The van der Waals surface area contributed by atoms with E-state index in [-0.39, 0.29) is 0 Å². The molecule has 0 aliphatic rings. The summed E-state index contributed by atoms with van der Waals surface area (Å²) in [5, 5.41) is 0. The summed E-state index contributed by atoms with van der Waals surface area (Å²) in [6.07, 6.45) is -22.1. The smallest absolute Gasteiger partial charge is 0.374 e. The molecule has 0 heterocycles. The molecule has 0 spiro atoms. The molecule has 2 atom stereocenters. The predicted molar refractivity (Wildman–Crippen MR) is 42.6 cm³/mol. The van der Waals surface area contributed by atoms with E-state index in [1.54, 1.807) is 0 Å². The van der Waals surface area contributed by atoms with Gasteiger partial charge in [0.2, 0.25) is 0 Å². The Morgan fingerprint density at radius 1 is 0.571 bits per heavy atom. The normalized spacial score (nSPS) is 19.7. The summed E-state index contributed by atoms with van der Waals surface area (Å²) in [5.41, 5.74) is -10.8. The minimum atomic E-state index is -6.26. The molecular formula is C8H6F12O. The van der Waals surface area contributed by atoms with Crippen LogP contribution in [0.3, 0.4) is 0 Å². The largest absolute Gasteiger partial charge is 0.430 e. The van der Waals surface area contributed by atoms with Crippen molar-refractivity contribution in [3.63, 3.8) is 0 Å². The Balaban J connectivity index is 5.02. The Bertz CT molecular complexity index is 303. The van der Waals surface area contributed by atoms with E-state index in [2.05, 4.69) is 4.74 Å². The maximum absolute atomic E-state index is 12.9. The van der Waals surface area contributed by atoms with Crippen molar-refractivity contribution in [3.8, 4) is 0 Å². The van der Waals surface area contributed by atoms with Crippen molar-refractivity contribution in [3.05, 3.63) is 0 Å².